The molecule has 0 aliphatic heterocycles. The fourth-order valence-corrected chi connectivity index (χ4v) is 1.99. The second-order valence-corrected chi connectivity index (χ2v) is 4.75. The number of hydrogen-bond donors (Lipinski definition) is 1. The zero-order valence-electron chi connectivity index (χ0n) is 12.1. The van der Waals surface area contributed by atoms with Crippen molar-refractivity contribution < 1.29 is 0 Å². The van der Waals surface area contributed by atoms with Gasteiger partial charge in [-0.05, 0) is 42.7 Å². The van der Waals surface area contributed by atoms with Crippen molar-refractivity contribution in [2.24, 2.45) is 0 Å². The van der Waals surface area contributed by atoms with Gasteiger partial charge in [-0.2, -0.15) is 0 Å². The Kier molecular flexibility index (Phi) is 5.19. The van der Waals surface area contributed by atoms with E-state index in [9.17, 15) is 0 Å². The average Bonchev–Trinajstić information content (AvgIpc) is 2.49. The third-order valence-corrected chi connectivity index (χ3v) is 3.05. The molecule has 2 aromatic carbocycles. The highest BCUT2D eigenvalue weighted by molar-refractivity contribution is 5.66. The highest BCUT2D eigenvalue weighted by Crippen LogP contribution is 2.21. The molecule has 0 amide bonds. The van der Waals surface area contributed by atoms with Gasteiger partial charge < -0.3 is 5.32 Å². The first-order chi connectivity index (χ1) is 9.79. The Morgan fingerprint density at radius 2 is 1.60 bits per heavy atom. The van der Waals surface area contributed by atoms with Crippen LogP contribution in [-0.2, 0) is 0 Å². The van der Waals surface area contributed by atoms with Crippen LogP contribution < -0.4 is 5.32 Å². The van der Waals surface area contributed by atoms with Gasteiger partial charge in [0.15, 0.2) is 0 Å². The van der Waals surface area contributed by atoms with Crippen LogP contribution in [0.5, 0.6) is 0 Å². The van der Waals surface area contributed by atoms with Crippen LogP contribution in [0.2, 0.25) is 0 Å². The van der Waals surface area contributed by atoms with Gasteiger partial charge in [0, 0.05) is 11.4 Å². The van der Waals surface area contributed by atoms with Crippen LogP contribution in [-0.4, -0.2) is 0 Å². The fraction of sp³-hybridized carbons (Fsp3) is 0.158. The van der Waals surface area contributed by atoms with Crippen molar-refractivity contribution >= 4 is 5.69 Å². The molecule has 0 aliphatic carbocycles. The van der Waals surface area contributed by atoms with Gasteiger partial charge in [-0.3, -0.25) is 0 Å². The predicted molar refractivity (Wildman–Crippen MR) is 88.7 cm³/mol. The van der Waals surface area contributed by atoms with Crippen LogP contribution in [0.25, 0.3) is 11.1 Å². The standard InChI is InChI=1S/C19H21N/c1-3-4-6-9-16(2)20-19-14-12-18(13-15-19)17-10-7-5-8-11-17/h4-15,20H,3H2,1-2H3/b6-4-,16-9+. The summed E-state index contributed by atoms with van der Waals surface area (Å²) >= 11 is 0. The normalized spacial score (nSPS) is 11.8. The summed E-state index contributed by atoms with van der Waals surface area (Å²) in [6.07, 6.45) is 7.38. The molecule has 0 spiro atoms. The molecule has 1 nitrogen and oxygen atoms in total. The summed E-state index contributed by atoms with van der Waals surface area (Å²) in [6.45, 7) is 4.21. The predicted octanol–water partition coefficient (Wildman–Crippen LogP) is 5.64. The Morgan fingerprint density at radius 1 is 0.950 bits per heavy atom. The molecule has 0 saturated heterocycles. The van der Waals surface area contributed by atoms with Crippen LogP contribution in [0.4, 0.5) is 5.69 Å². The minimum Gasteiger partial charge on any atom is -0.359 e. The van der Waals surface area contributed by atoms with Crippen LogP contribution >= 0.6 is 0 Å². The molecule has 0 bridgehead atoms. The summed E-state index contributed by atoms with van der Waals surface area (Å²) in [4.78, 5) is 0. The van der Waals surface area contributed by atoms with E-state index in [0.717, 1.165) is 17.8 Å². The fourth-order valence-electron chi connectivity index (χ4n) is 1.99. The molecule has 1 N–H and O–H groups in total. The van der Waals surface area contributed by atoms with E-state index in [1.54, 1.807) is 0 Å². The molecule has 0 radical (unpaired) electrons. The van der Waals surface area contributed by atoms with E-state index >= 15 is 0 Å². The molecular weight excluding hydrogens is 242 g/mol. The molecule has 0 fully saturated rings. The molecule has 0 atom stereocenters. The number of hydrogen-bond acceptors (Lipinski definition) is 1. The summed E-state index contributed by atoms with van der Waals surface area (Å²) in [7, 11) is 0. The lowest BCUT2D eigenvalue weighted by molar-refractivity contribution is 1.22. The zero-order chi connectivity index (χ0) is 14.2. The zero-order valence-corrected chi connectivity index (χ0v) is 12.1. The van der Waals surface area contributed by atoms with Gasteiger partial charge in [-0.15, -0.1) is 0 Å². The van der Waals surface area contributed by atoms with E-state index < -0.39 is 0 Å². The van der Waals surface area contributed by atoms with Gasteiger partial charge in [0.1, 0.15) is 0 Å². The third kappa shape index (κ3) is 4.13. The van der Waals surface area contributed by atoms with E-state index in [0.29, 0.717) is 0 Å². The van der Waals surface area contributed by atoms with E-state index in [4.69, 9.17) is 0 Å². The lowest BCUT2D eigenvalue weighted by Crippen LogP contribution is -1.94. The maximum atomic E-state index is 3.39. The Hall–Kier alpha value is -2.28. The molecule has 20 heavy (non-hydrogen) atoms. The molecule has 0 unspecified atom stereocenters. The SMILES string of the molecule is CC/C=C\C=C(/C)Nc1ccc(-c2ccccc2)cc1. The van der Waals surface area contributed by atoms with Crippen molar-refractivity contribution in [3.63, 3.8) is 0 Å². The lowest BCUT2D eigenvalue weighted by Gasteiger charge is -2.07. The van der Waals surface area contributed by atoms with Crippen molar-refractivity contribution in [1.82, 2.24) is 0 Å². The van der Waals surface area contributed by atoms with E-state index in [1.807, 2.05) is 6.07 Å². The van der Waals surface area contributed by atoms with E-state index in [2.05, 4.69) is 85.9 Å². The van der Waals surface area contributed by atoms with E-state index in [1.165, 1.54) is 11.1 Å². The Bertz CT molecular complexity index is 577. The molecular formula is C19H21N. The van der Waals surface area contributed by atoms with Crippen molar-refractivity contribution in [3.05, 3.63) is 78.5 Å². The molecule has 0 heterocycles. The molecule has 0 aromatic heterocycles. The Balaban J connectivity index is 2.05. The topological polar surface area (TPSA) is 12.0 Å². The average molecular weight is 263 g/mol. The minimum atomic E-state index is 1.07. The summed E-state index contributed by atoms with van der Waals surface area (Å²) in [6, 6.07) is 18.9. The van der Waals surface area contributed by atoms with Gasteiger partial charge in [0.25, 0.3) is 0 Å². The van der Waals surface area contributed by atoms with Gasteiger partial charge >= 0.3 is 0 Å². The summed E-state index contributed by atoms with van der Waals surface area (Å²) in [5.74, 6) is 0. The first-order valence-electron chi connectivity index (χ1n) is 7.05. The quantitative estimate of drug-likeness (QED) is 0.689. The van der Waals surface area contributed by atoms with E-state index in [-0.39, 0.29) is 0 Å². The summed E-state index contributed by atoms with van der Waals surface area (Å²) in [5, 5.41) is 3.39. The number of rotatable bonds is 5. The third-order valence-electron chi connectivity index (χ3n) is 3.05. The monoisotopic (exact) mass is 263 g/mol. The highest BCUT2D eigenvalue weighted by Gasteiger charge is 1.97. The Labute approximate surface area is 121 Å². The van der Waals surface area contributed by atoms with Gasteiger partial charge in [0.05, 0.1) is 0 Å². The molecule has 2 rings (SSSR count). The smallest absolute Gasteiger partial charge is 0.0382 e. The van der Waals surface area contributed by atoms with Crippen molar-refractivity contribution in [1.29, 1.82) is 0 Å². The minimum absolute atomic E-state index is 1.07. The summed E-state index contributed by atoms with van der Waals surface area (Å²) < 4.78 is 0. The number of allylic oxidation sites excluding steroid dienone is 4. The molecule has 0 aliphatic rings. The second-order valence-electron chi connectivity index (χ2n) is 4.75. The second kappa shape index (κ2) is 7.34. The van der Waals surface area contributed by atoms with Crippen molar-refractivity contribution in [2.45, 2.75) is 20.3 Å². The van der Waals surface area contributed by atoms with Gasteiger partial charge in [-0.1, -0.05) is 61.5 Å². The molecule has 1 heteroatoms. The van der Waals surface area contributed by atoms with Gasteiger partial charge in [0.2, 0.25) is 0 Å². The maximum absolute atomic E-state index is 3.39. The highest BCUT2D eigenvalue weighted by atomic mass is 14.9. The van der Waals surface area contributed by atoms with Crippen LogP contribution in [0.3, 0.4) is 0 Å². The Morgan fingerprint density at radius 3 is 2.25 bits per heavy atom. The largest absolute Gasteiger partial charge is 0.359 e. The van der Waals surface area contributed by atoms with Crippen LogP contribution in [0, 0.1) is 0 Å². The lowest BCUT2D eigenvalue weighted by atomic mass is 10.1. The van der Waals surface area contributed by atoms with Crippen LogP contribution in [0.1, 0.15) is 20.3 Å². The number of anilines is 1. The first kappa shape index (κ1) is 14.1. The van der Waals surface area contributed by atoms with Crippen molar-refractivity contribution in [2.75, 3.05) is 5.32 Å². The molecule has 2 aromatic rings. The summed E-state index contributed by atoms with van der Waals surface area (Å²) in [5.41, 5.74) is 4.74. The number of nitrogens with one attached hydrogen (secondary N) is 1. The van der Waals surface area contributed by atoms with Crippen LogP contribution in [0.15, 0.2) is 78.5 Å². The number of benzene rings is 2. The molecule has 102 valence electrons. The first-order valence-corrected chi connectivity index (χ1v) is 7.05. The maximum Gasteiger partial charge on any atom is 0.0382 e. The van der Waals surface area contributed by atoms with Gasteiger partial charge in [-0.25, -0.2) is 0 Å². The molecule has 0 saturated carbocycles. The van der Waals surface area contributed by atoms with Crippen molar-refractivity contribution in [3.8, 4) is 11.1 Å².